The molecule has 0 atom stereocenters. The van der Waals surface area contributed by atoms with Gasteiger partial charge in [0.15, 0.2) is 0 Å². The number of rotatable bonds is 5. The maximum absolute atomic E-state index is 12.2. The molecule has 0 amide bonds. The minimum Gasteiger partial charge on any atom is -1.00 e. The van der Waals surface area contributed by atoms with Crippen molar-refractivity contribution in [2.24, 2.45) is 10.8 Å². The Morgan fingerprint density at radius 1 is 0.889 bits per heavy atom. The third-order valence-corrected chi connectivity index (χ3v) is 3.78. The molecule has 9 heteroatoms. The van der Waals surface area contributed by atoms with Gasteiger partial charge in [-0.2, -0.15) is 8.42 Å². The quantitative estimate of drug-likeness (QED) is 0.357. The second kappa shape index (κ2) is 9.91. The molecule has 0 bridgehead atoms. The van der Waals surface area contributed by atoms with Gasteiger partial charge in [-0.15, -0.1) is 0 Å². The van der Waals surface area contributed by atoms with Crippen molar-refractivity contribution in [1.82, 2.24) is 0 Å². The van der Waals surface area contributed by atoms with Gasteiger partial charge in [0.25, 0.3) is 10.1 Å². The molecule has 0 aromatic heterocycles. The van der Waals surface area contributed by atoms with Gasteiger partial charge >= 0.3 is 60.8 Å². The fraction of sp³-hybridized carbons (Fsp3) is 0.556. The molecule has 150 valence electrons. The van der Waals surface area contributed by atoms with Crippen LogP contribution in [-0.4, -0.2) is 87.0 Å². The molecule has 7 nitrogen and oxygen atoms in total. The van der Waals surface area contributed by atoms with Crippen LogP contribution in [0.4, 0.5) is 0 Å². The summed E-state index contributed by atoms with van der Waals surface area (Å²) in [4.78, 5) is 23.8. The number of benzene rings is 1. The third kappa shape index (κ3) is 10.1. The molecule has 0 aliphatic rings. The summed E-state index contributed by atoms with van der Waals surface area (Å²) in [5.74, 6) is -1.59. The first-order valence-corrected chi connectivity index (χ1v) is 9.49. The van der Waals surface area contributed by atoms with Gasteiger partial charge in [0.1, 0.15) is 0 Å². The standard InChI is InChI=1S/C18H26O7S.Ba.2H/c1-17(2,3)10-24-15(19)12-7-13(9-14(8-12)26(21,22)23)16(20)25-11-18(4,5)6;;;/h7-9H,10-11H2,1-6H3,(H,21,22,23);;;/q;+2;2*-1. The topological polar surface area (TPSA) is 107 Å². The molecule has 0 aliphatic heterocycles. The van der Waals surface area contributed by atoms with Crippen LogP contribution >= 0.6 is 0 Å². The summed E-state index contributed by atoms with van der Waals surface area (Å²) in [6.45, 7) is 11.4. The van der Waals surface area contributed by atoms with E-state index in [1.54, 1.807) is 0 Å². The van der Waals surface area contributed by atoms with Crippen LogP contribution in [-0.2, 0) is 19.6 Å². The van der Waals surface area contributed by atoms with E-state index in [9.17, 15) is 22.6 Å². The summed E-state index contributed by atoms with van der Waals surface area (Å²) in [6.07, 6.45) is 0. The summed E-state index contributed by atoms with van der Waals surface area (Å²) >= 11 is 0. The molecular formula is C18H28BaO7S. The summed E-state index contributed by atoms with van der Waals surface area (Å²) in [5.41, 5.74) is -0.894. The van der Waals surface area contributed by atoms with Crippen LogP contribution < -0.4 is 0 Å². The van der Waals surface area contributed by atoms with Crippen LogP contribution in [0.25, 0.3) is 0 Å². The van der Waals surface area contributed by atoms with E-state index in [0.29, 0.717) is 0 Å². The zero-order valence-electron chi connectivity index (χ0n) is 18.7. The fourth-order valence-corrected chi connectivity index (χ4v) is 2.27. The first-order chi connectivity index (χ1) is 11.6. The van der Waals surface area contributed by atoms with Crippen molar-refractivity contribution in [2.45, 2.75) is 46.4 Å². The minimum atomic E-state index is -4.62. The van der Waals surface area contributed by atoms with E-state index in [2.05, 4.69) is 0 Å². The van der Waals surface area contributed by atoms with Gasteiger partial charge in [-0.3, -0.25) is 4.55 Å². The van der Waals surface area contributed by atoms with E-state index >= 15 is 0 Å². The second-order valence-corrected chi connectivity index (χ2v) is 9.92. The zero-order chi connectivity index (χ0) is 20.3. The van der Waals surface area contributed by atoms with Crippen LogP contribution in [0.3, 0.4) is 0 Å². The largest absolute Gasteiger partial charge is 2.00 e. The van der Waals surface area contributed by atoms with E-state index in [1.165, 1.54) is 6.07 Å². The summed E-state index contributed by atoms with van der Waals surface area (Å²) in [6, 6.07) is 3.10. The Labute approximate surface area is 204 Å². The average Bonchev–Trinajstić information content (AvgIpc) is 2.47. The van der Waals surface area contributed by atoms with Gasteiger partial charge in [0, 0.05) is 0 Å². The number of ether oxygens (including phenoxy) is 2. The van der Waals surface area contributed by atoms with Gasteiger partial charge in [-0.25, -0.2) is 9.59 Å². The zero-order valence-corrected chi connectivity index (χ0v) is 21.9. The molecule has 0 saturated carbocycles. The summed E-state index contributed by atoms with van der Waals surface area (Å²) < 4.78 is 42.5. The Kier molecular flexibility index (Phi) is 9.78. The van der Waals surface area contributed by atoms with E-state index in [-0.39, 0.29) is 86.9 Å². The van der Waals surface area contributed by atoms with Gasteiger partial charge in [0.05, 0.1) is 29.2 Å². The van der Waals surface area contributed by atoms with Crippen molar-refractivity contribution in [1.29, 1.82) is 0 Å². The van der Waals surface area contributed by atoms with Crippen molar-refractivity contribution in [2.75, 3.05) is 13.2 Å². The van der Waals surface area contributed by atoms with E-state index in [0.717, 1.165) is 12.1 Å². The van der Waals surface area contributed by atoms with Crippen LogP contribution in [0.15, 0.2) is 23.1 Å². The molecule has 1 rings (SSSR count). The van der Waals surface area contributed by atoms with Crippen LogP contribution in [0, 0.1) is 10.8 Å². The average molecular weight is 526 g/mol. The summed E-state index contributed by atoms with van der Waals surface area (Å²) in [5, 5.41) is 0. The molecule has 0 aliphatic carbocycles. The predicted molar refractivity (Wildman–Crippen MR) is 104 cm³/mol. The summed E-state index contributed by atoms with van der Waals surface area (Å²) in [7, 11) is -4.62. The molecule has 0 radical (unpaired) electrons. The van der Waals surface area contributed by atoms with Crippen LogP contribution in [0.1, 0.15) is 65.1 Å². The van der Waals surface area contributed by atoms with Crippen molar-refractivity contribution >= 4 is 70.9 Å². The molecule has 0 saturated heterocycles. The Bertz CT molecular complexity index is 749. The van der Waals surface area contributed by atoms with Crippen molar-refractivity contribution in [3.8, 4) is 0 Å². The smallest absolute Gasteiger partial charge is 1.00 e. The molecule has 27 heavy (non-hydrogen) atoms. The minimum absolute atomic E-state index is 0. The maximum atomic E-state index is 12.2. The normalized spacial score (nSPS) is 12.1. The molecule has 0 heterocycles. The molecule has 0 fully saturated rings. The predicted octanol–water partition coefficient (Wildman–Crippen LogP) is 3.18. The van der Waals surface area contributed by atoms with Gasteiger partial charge in [-0.05, 0) is 29.0 Å². The third-order valence-electron chi connectivity index (χ3n) is 2.95. The molecule has 1 N–H and O–H groups in total. The molecule has 1 aromatic carbocycles. The van der Waals surface area contributed by atoms with E-state index in [4.69, 9.17) is 9.47 Å². The molecule has 1 aromatic rings. The number of carbonyl (C=O) groups excluding carboxylic acids is 2. The Balaban J connectivity index is -0.00000225. The first-order valence-electron chi connectivity index (χ1n) is 8.05. The maximum Gasteiger partial charge on any atom is 2.00 e. The van der Waals surface area contributed by atoms with Gasteiger partial charge in [0.2, 0.25) is 0 Å². The Morgan fingerprint density at radius 3 is 1.48 bits per heavy atom. The van der Waals surface area contributed by atoms with Crippen molar-refractivity contribution < 1.29 is 34.9 Å². The van der Waals surface area contributed by atoms with Gasteiger partial charge in [-0.1, -0.05) is 41.5 Å². The molecule has 0 unspecified atom stereocenters. The number of hydrogen-bond donors (Lipinski definition) is 1. The van der Waals surface area contributed by atoms with Crippen molar-refractivity contribution in [3.05, 3.63) is 29.3 Å². The second-order valence-electron chi connectivity index (χ2n) is 8.49. The monoisotopic (exact) mass is 526 g/mol. The number of hydrogen-bond acceptors (Lipinski definition) is 6. The van der Waals surface area contributed by atoms with E-state index in [1.807, 2.05) is 41.5 Å². The first kappa shape index (κ1) is 26.6. The molecule has 0 spiro atoms. The number of carbonyl (C=O) groups is 2. The van der Waals surface area contributed by atoms with Gasteiger partial charge < -0.3 is 12.3 Å². The van der Waals surface area contributed by atoms with E-state index < -0.39 is 27.0 Å². The fourth-order valence-electron chi connectivity index (χ4n) is 1.71. The Hall–Kier alpha value is -0.359. The molecular weight excluding hydrogens is 498 g/mol. The Morgan fingerprint density at radius 2 is 1.22 bits per heavy atom. The van der Waals surface area contributed by atoms with Crippen LogP contribution in [0.5, 0.6) is 0 Å². The number of esters is 2. The van der Waals surface area contributed by atoms with Crippen LogP contribution in [0.2, 0.25) is 0 Å². The van der Waals surface area contributed by atoms with Crippen molar-refractivity contribution in [3.63, 3.8) is 0 Å². The SMILES string of the molecule is CC(C)(C)COC(=O)c1cc(C(=O)OCC(C)(C)C)cc(S(=O)(=O)O)c1.[Ba+2].[H-].[H-].